The number of hydrogen-bond acceptors (Lipinski definition) is 5. The minimum absolute atomic E-state index is 0.107. The number of aliphatic hydroxyl groups excluding tert-OH is 1. The Morgan fingerprint density at radius 1 is 1.56 bits per heavy atom. The highest BCUT2D eigenvalue weighted by Gasteiger charge is 2.23. The minimum Gasteiger partial charge on any atom is -0.396 e. The quantitative estimate of drug-likeness (QED) is 0.687. The number of nitrogen functional groups attached to an aromatic ring is 1. The van der Waals surface area contributed by atoms with Crippen LogP contribution < -0.4 is 11.1 Å². The zero-order valence-corrected chi connectivity index (χ0v) is 10.3. The van der Waals surface area contributed by atoms with E-state index in [4.69, 9.17) is 22.4 Å². The molecule has 0 saturated carbocycles. The number of nitrogens with two attached hydrogens (primary N) is 1. The number of halogens is 1. The van der Waals surface area contributed by atoms with Gasteiger partial charge in [-0.2, -0.15) is 0 Å². The fourth-order valence-electron chi connectivity index (χ4n) is 1.33. The largest absolute Gasteiger partial charge is 0.396 e. The molecule has 0 aliphatic rings. The molecule has 1 unspecified atom stereocenters. The summed E-state index contributed by atoms with van der Waals surface area (Å²) in [4.78, 5) is 7.82. The molecular formula is C10H17ClN4O. The van der Waals surface area contributed by atoms with E-state index in [9.17, 15) is 0 Å². The number of nitrogens with zero attached hydrogens (tertiary/aromatic N) is 2. The van der Waals surface area contributed by atoms with E-state index in [1.165, 1.54) is 6.33 Å². The van der Waals surface area contributed by atoms with Crippen molar-refractivity contribution in [1.29, 1.82) is 0 Å². The molecule has 0 aliphatic carbocycles. The van der Waals surface area contributed by atoms with Gasteiger partial charge in [0.05, 0.1) is 0 Å². The van der Waals surface area contributed by atoms with Crippen LogP contribution in [0.3, 0.4) is 0 Å². The van der Waals surface area contributed by atoms with Gasteiger partial charge in [0.2, 0.25) is 0 Å². The third-order valence-corrected chi connectivity index (χ3v) is 3.00. The van der Waals surface area contributed by atoms with Gasteiger partial charge in [-0.1, -0.05) is 18.5 Å². The van der Waals surface area contributed by atoms with Crippen molar-refractivity contribution in [2.75, 3.05) is 17.7 Å². The summed E-state index contributed by atoms with van der Waals surface area (Å²) in [5.74, 6) is 0.512. The van der Waals surface area contributed by atoms with Crippen LogP contribution in [0.15, 0.2) is 6.33 Å². The van der Waals surface area contributed by atoms with Gasteiger partial charge in [0.15, 0.2) is 11.0 Å². The smallest absolute Gasteiger partial charge is 0.157 e. The summed E-state index contributed by atoms with van der Waals surface area (Å²) in [6, 6.07) is 0. The lowest BCUT2D eigenvalue weighted by Crippen LogP contribution is -2.35. The lowest BCUT2D eigenvalue weighted by Gasteiger charge is -2.30. The first-order chi connectivity index (χ1) is 7.52. The van der Waals surface area contributed by atoms with E-state index >= 15 is 0 Å². The Morgan fingerprint density at radius 2 is 2.25 bits per heavy atom. The molecular weight excluding hydrogens is 228 g/mol. The van der Waals surface area contributed by atoms with Crippen LogP contribution in [0, 0.1) is 0 Å². The average Bonchev–Trinajstić information content (AvgIpc) is 2.25. The molecule has 0 bridgehead atoms. The van der Waals surface area contributed by atoms with Crippen LogP contribution in [-0.2, 0) is 0 Å². The summed E-state index contributed by atoms with van der Waals surface area (Å²) in [5, 5.41) is 12.4. The molecule has 1 aromatic rings. The van der Waals surface area contributed by atoms with Crippen molar-refractivity contribution < 1.29 is 5.11 Å². The van der Waals surface area contributed by atoms with Crippen LogP contribution in [0.25, 0.3) is 0 Å². The van der Waals surface area contributed by atoms with Gasteiger partial charge >= 0.3 is 0 Å². The van der Waals surface area contributed by atoms with Crippen molar-refractivity contribution in [3.8, 4) is 0 Å². The van der Waals surface area contributed by atoms with Gasteiger partial charge in [-0.05, 0) is 19.8 Å². The zero-order chi connectivity index (χ0) is 12.2. The Labute approximate surface area is 100 Å². The van der Waals surface area contributed by atoms with Crippen LogP contribution in [0.4, 0.5) is 11.5 Å². The maximum atomic E-state index is 9.00. The molecule has 0 radical (unpaired) electrons. The molecule has 0 aromatic carbocycles. The van der Waals surface area contributed by atoms with Crippen LogP contribution in [0.5, 0.6) is 0 Å². The summed E-state index contributed by atoms with van der Waals surface area (Å²) >= 11 is 5.80. The third kappa shape index (κ3) is 2.96. The molecule has 90 valence electrons. The number of anilines is 2. The monoisotopic (exact) mass is 244 g/mol. The summed E-state index contributed by atoms with van der Waals surface area (Å²) in [5.41, 5.74) is 5.84. The van der Waals surface area contributed by atoms with Gasteiger partial charge in [0, 0.05) is 12.1 Å². The summed E-state index contributed by atoms with van der Waals surface area (Å²) in [6.45, 7) is 4.14. The highest BCUT2D eigenvalue weighted by atomic mass is 35.5. The molecule has 0 aliphatic heterocycles. The molecule has 6 heteroatoms. The van der Waals surface area contributed by atoms with Gasteiger partial charge in [0.25, 0.3) is 0 Å². The van der Waals surface area contributed by atoms with Gasteiger partial charge in [-0.15, -0.1) is 0 Å². The van der Waals surface area contributed by atoms with Crippen LogP contribution in [-0.4, -0.2) is 27.2 Å². The van der Waals surface area contributed by atoms with E-state index in [0.717, 1.165) is 6.42 Å². The Morgan fingerprint density at radius 3 is 2.81 bits per heavy atom. The first kappa shape index (κ1) is 13.0. The van der Waals surface area contributed by atoms with Gasteiger partial charge in [-0.3, -0.25) is 0 Å². The van der Waals surface area contributed by atoms with E-state index in [-0.39, 0.29) is 17.3 Å². The number of aliphatic hydroxyl groups is 1. The van der Waals surface area contributed by atoms with Gasteiger partial charge < -0.3 is 16.2 Å². The van der Waals surface area contributed by atoms with Crippen molar-refractivity contribution in [1.82, 2.24) is 9.97 Å². The summed E-state index contributed by atoms with van der Waals surface area (Å²) in [6.07, 6.45) is 2.81. The fraction of sp³-hybridized carbons (Fsp3) is 0.600. The Balaban J connectivity index is 2.90. The topological polar surface area (TPSA) is 84.1 Å². The number of rotatable bonds is 5. The fourth-order valence-corrected chi connectivity index (χ4v) is 1.47. The van der Waals surface area contributed by atoms with Crippen molar-refractivity contribution in [2.45, 2.75) is 32.2 Å². The van der Waals surface area contributed by atoms with Gasteiger partial charge in [-0.25, -0.2) is 9.97 Å². The third-order valence-electron chi connectivity index (χ3n) is 2.70. The Hall–Kier alpha value is -1.07. The maximum absolute atomic E-state index is 9.00. The second kappa shape index (κ2) is 5.32. The van der Waals surface area contributed by atoms with E-state index in [0.29, 0.717) is 17.9 Å². The molecule has 1 heterocycles. The normalized spacial score (nSPS) is 14.5. The first-order valence-corrected chi connectivity index (χ1v) is 5.55. The molecule has 1 rings (SSSR count). The van der Waals surface area contributed by atoms with Crippen molar-refractivity contribution in [3.05, 3.63) is 11.5 Å². The number of nitrogens with one attached hydrogen (secondary N) is 1. The standard InChI is InChI=1S/C10H17ClN4O/c1-3-10(2,4-5-16)15-9-7(12)8(11)13-6-14-9/h6,16H,3-5,12H2,1-2H3,(H,13,14,15). The molecule has 4 N–H and O–H groups in total. The van der Waals surface area contributed by atoms with E-state index in [2.05, 4.69) is 15.3 Å². The summed E-state index contributed by atoms with van der Waals surface area (Å²) in [7, 11) is 0. The summed E-state index contributed by atoms with van der Waals surface area (Å²) < 4.78 is 0. The van der Waals surface area contributed by atoms with Gasteiger partial charge in [0.1, 0.15) is 12.0 Å². The molecule has 5 nitrogen and oxygen atoms in total. The Bertz CT molecular complexity index is 361. The molecule has 0 amide bonds. The molecule has 1 atom stereocenters. The van der Waals surface area contributed by atoms with E-state index < -0.39 is 0 Å². The molecule has 0 saturated heterocycles. The Kier molecular flexibility index (Phi) is 4.32. The lowest BCUT2D eigenvalue weighted by molar-refractivity contribution is 0.252. The minimum atomic E-state index is -0.249. The second-order valence-corrected chi connectivity index (χ2v) is 4.30. The molecule has 0 spiro atoms. The van der Waals surface area contributed by atoms with E-state index in [1.54, 1.807) is 0 Å². The number of hydrogen-bond donors (Lipinski definition) is 3. The molecule has 1 aromatic heterocycles. The van der Waals surface area contributed by atoms with Crippen LogP contribution in [0.1, 0.15) is 26.7 Å². The van der Waals surface area contributed by atoms with Crippen molar-refractivity contribution in [3.63, 3.8) is 0 Å². The first-order valence-electron chi connectivity index (χ1n) is 5.17. The number of aromatic nitrogens is 2. The second-order valence-electron chi connectivity index (χ2n) is 3.94. The maximum Gasteiger partial charge on any atom is 0.157 e. The average molecular weight is 245 g/mol. The van der Waals surface area contributed by atoms with E-state index in [1.807, 2.05) is 13.8 Å². The molecule has 0 fully saturated rings. The van der Waals surface area contributed by atoms with Crippen LogP contribution >= 0.6 is 11.6 Å². The lowest BCUT2D eigenvalue weighted by atomic mass is 9.95. The highest BCUT2D eigenvalue weighted by molar-refractivity contribution is 6.32. The van der Waals surface area contributed by atoms with Crippen molar-refractivity contribution >= 4 is 23.1 Å². The SMILES string of the molecule is CCC(C)(CCO)Nc1ncnc(Cl)c1N. The highest BCUT2D eigenvalue weighted by Crippen LogP contribution is 2.27. The molecule has 16 heavy (non-hydrogen) atoms. The predicted octanol–water partition coefficient (Wildman–Crippen LogP) is 1.68. The van der Waals surface area contributed by atoms with Crippen molar-refractivity contribution in [2.24, 2.45) is 0 Å². The van der Waals surface area contributed by atoms with Crippen LogP contribution in [0.2, 0.25) is 5.15 Å². The zero-order valence-electron chi connectivity index (χ0n) is 9.50. The predicted molar refractivity (Wildman–Crippen MR) is 65.5 cm³/mol.